The molecule has 2 rings (SSSR count). The predicted octanol–water partition coefficient (Wildman–Crippen LogP) is 4.22. The topological polar surface area (TPSA) is 54.4 Å². The van der Waals surface area contributed by atoms with Gasteiger partial charge in [-0.15, -0.1) is 0 Å². The Labute approximate surface area is 128 Å². The summed E-state index contributed by atoms with van der Waals surface area (Å²) < 4.78 is 0. The second-order valence-corrected chi connectivity index (χ2v) is 6.18. The number of rotatable bonds is 5. The largest absolute Gasteiger partial charge is 0.294 e. The van der Waals surface area contributed by atoms with Crippen molar-refractivity contribution in [3.05, 3.63) is 46.0 Å². The van der Waals surface area contributed by atoms with Gasteiger partial charge in [-0.2, -0.15) is 5.10 Å². The molecule has 0 unspecified atom stereocenters. The third kappa shape index (κ3) is 3.98. The van der Waals surface area contributed by atoms with Crippen molar-refractivity contribution in [2.75, 3.05) is 5.43 Å². The molecule has 21 heavy (non-hydrogen) atoms. The van der Waals surface area contributed by atoms with Crippen LogP contribution in [-0.4, -0.2) is 17.0 Å². The molecule has 0 aliphatic carbocycles. The Morgan fingerprint density at radius 1 is 1.33 bits per heavy atom. The number of nitrogens with one attached hydrogen (secondary N) is 1. The fourth-order valence-electron chi connectivity index (χ4n) is 1.90. The van der Waals surface area contributed by atoms with E-state index < -0.39 is 0 Å². The standard InChI is InChI=1S/C16H19N3OS/c1-10(2)14-7-5-13(6-8-14)9-17-19-16-18-11(3)15(21-16)12(4)20/h5-10H,1-4H3,(H,18,19)/b17-9-. The van der Waals surface area contributed by atoms with E-state index in [-0.39, 0.29) is 5.78 Å². The molecular formula is C16H19N3OS. The highest BCUT2D eigenvalue weighted by atomic mass is 32.1. The molecule has 0 saturated heterocycles. The van der Waals surface area contributed by atoms with Gasteiger partial charge in [0.1, 0.15) is 0 Å². The van der Waals surface area contributed by atoms with E-state index in [0.29, 0.717) is 15.9 Å². The van der Waals surface area contributed by atoms with Gasteiger partial charge in [0.25, 0.3) is 0 Å². The normalized spacial score (nSPS) is 11.3. The van der Waals surface area contributed by atoms with Crippen LogP contribution in [0, 0.1) is 6.92 Å². The average Bonchev–Trinajstić information content (AvgIpc) is 2.80. The second kappa shape index (κ2) is 6.63. The summed E-state index contributed by atoms with van der Waals surface area (Å²) in [7, 11) is 0. The number of Topliss-reactive ketones (excluding diaryl/α,β-unsaturated/α-hetero) is 1. The smallest absolute Gasteiger partial charge is 0.204 e. The van der Waals surface area contributed by atoms with Crippen molar-refractivity contribution in [3.63, 3.8) is 0 Å². The number of benzene rings is 1. The molecule has 0 fully saturated rings. The zero-order chi connectivity index (χ0) is 15.4. The highest BCUT2D eigenvalue weighted by Crippen LogP contribution is 2.22. The van der Waals surface area contributed by atoms with Crippen LogP contribution in [0.2, 0.25) is 0 Å². The maximum atomic E-state index is 11.4. The Kier molecular flexibility index (Phi) is 4.85. The van der Waals surface area contributed by atoms with Crippen LogP contribution >= 0.6 is 11.3 Å². The Bertz CT molecular complexity index is 657. The molecule has 0 radical (unpaired) electrons. The first-order valence-electron chi connectivity index (χ1n) is 6.84. The minimum atomic E-state index is 0.0336. The van der Waals surface area contributed by atoms with Crippen LogP contribution in [0.15, 0.2) is 29.4 Å². The molecule has 0 atom stereocenters. The fraction of sp³-hybridized carbons (Fsp3) is 0.312. The molecule has 0 amide bonds. The van der Waals surface area contributed by atoms with Gasteiger partial charge >= 0.3 is 0 Å². The summed E-state index contributed by atoms with van der Waals surface area (Å²) >= 11 is 1.32. The van der Waals surface area contributed by atoms with Crippen LogP contribution in [0.4, 0.5) is 5.13 Å². The molecule has 0 bridgehead atoms. The zero-order valence-electron chi connectivity index (χ0n) is 12.7. The maximum absolute atomic E-state index is 11.4. The zero-order valence-corrected chi connectivity index (χ0v) is 13.5. The Balaban J connectivity index is 2.02. The van der Waals surface area contributed by atoms with E-state index in [1.807, 2.05) is 19.1 Å². The lowest BCUT2D eigenvalue weighted by Crippen LogP contribution is -1.91. The van der Waals surface area contributed by atoms with Crippen molar-refractivity contribution in [1.82, 2.24) is 4.98 Å². The second-order valence-electron chi connectivity index (χ2n) is 5.18. The quantitative estimate of drug-likeness (QED) is 0.511. The average molecular weight is 301 g/mol. The number of aromatic nitrogens is 1. The van der Waals surface area contributed by atoms with Gasteiger partial charge in [-0.05, 0) is 24.0 Å². The molecule has 0 spiro atoms. The van der Waals surface area contributed by atoms with Crippen molar-refractivity contribution in [3.8, 4) is 0 Å². The van der Waals surface area contributed by atoms with E-state index in [1.165, 1.54) is 16.9 Å². The van der Waals surface area contributed by atoms with E-state index in [2.05, 4.69) is 41.5 Å². The van der Waals surface area contributed by atoms with E-state index in [4.69, 9.17) is 0 Å². The molecule has 0 saturated carbocycles. The van der Waals surface area contributed by atoms with Crippen LogP contribution in [-0.2, 0) is 0 Å². The molecular weight excluding hydrogens is 282 g/mol. The summed E-state index contributed by atoms with van der Waals surface area (Å²) in [5, 5.41) is 4.79. The molecule has 0 aliphatic rings. The molecule has 4 nitrogen and oxygen atoms in total. The van der Waals surface area contributed by atoms with Crippen LogP contribution in [0.5, 0.6) is 0 Å². The van der Waals surface area contributed by atoms with E-state index >= 15 is 0 Å². The maximum Gasteiger partial charge on any atom is 0.204 e. The Hall–Kier alpha value is -2.01. The van der Waals surface area contributed by atoms with Gasteiger partial charge in [-0.3, -0.25) is 10.2 Å². The Morgan fingerprint density at radius 2 is 2.00 bits per heavy atom. The number of ketones is 1. The summed E-state index contributed by atoms with van der Waals surface area (Å²) in [4.78, 5) is 16.3. The summed E-state index contributed by atoms with van der Waals surface area (Å²) in [6.07, 6.45) is 1.74. The summed E-state index contributed by atoms with van der Waals surface area (Å²) in [5.41, 5.74) is 5.94. The highest BCUT2D eigenvalue weighted by molar-refractivity contribution is 7.17. The molecule has 1 N–H and O–H groups in total. The van der Waals surface area contributed by atoms with E-state index in [1.54, 1.807) is 13.1 Å². The molecule has 1 aromatic carbocycles. The van der Waals surface area contributed by atoms with Gasteiger partial charge in [0, 0.05) is 6.92 Å². The number of thiazole rings is 1. The summed E-state index contributed by atoms with van der Waals surface area (Å²) in [5.74, 6) is 0.559. The SMILES string of the molecule is CC(=O)c1sc(N/N=C\c2ccc(C(C)C)cc2)nc1C. The monoisotopic (exact) mass is 301 g/mol. The van der Waals surface area contributed by atoms with Crippen LogP contribution < -0.4 is 5.43 Å². The number of nitrogens with zero attached hydrogens (tertiary/aromatic N) is 2. The van der Waals surface area contributed by atoms with Gasteiger partial charge in [-0.1, -0.05) is 49.4 Å². The third-order valence-electron chi connectivity index (χ3n) is 3.09. The van der Waals surface area contributed by atoms with Crippen molar-refractivity contribution in [2.45, 2.75) is 33.6 Å². The van der Waals surface area contributed by atoms with Gasteiger partial charge in [0.15, 0.2) is 5.78 Å². The van der Waals surface area contributed by atoms with E-state index in [0.717, 1.165) is 11.3 Å². The summed E-state index contributed by atoms with van der Waals surface area (Å²) in [6, 6.07) is 8.28. The van der Waals surface area contributed by atoms with Gasteiger partial charge < -0.3 is 0 Å². The van der Waals surface area contributed by atoms with Crippen molar-refractivity contribution >= 4 is 28.5 Å². The van der Waals surface area contributed by atoms with Crippen LogP contribution in [0.25, 0.3) is 0 Å². The lowest BCUT2D eigenvalue weighted by atomic mass is 10.0. The first kappa shape index (κ1) is 15.4. The third-order valence-corrected chi connectivity index (χ3v) is 4.26. The van der Waals surface area contributed by atoms with Crippen LogP contribution in [0.1, 0.15) is 53.2 Å². The number of hydrogen-bond donors (Lipinski definition) is 1. The number of aryl methyl sites for hydroxylation is 1. The molecule has 0 aliphatic heterocycles. The van der Waals surface area contributed by atoms with Gasteiger partial charge in [0.05, 0.1) is 16.8 Å². The minimum Gasteiger partial charge on any atom is -0.294 e. The van der Waals surface area contributed by atoms with Crippen molar-refractivity contribution in [1.29, 1.82) is 0 Å². The van der Waals surface area contributed by atoms with Gasteiger partial charge in [0.2, 0.25) is 5.13 Å². The number of carbonyl (C=O) groups is 1. The number of hydrogen-bond acceptors (Lipinski definition) is 5. The fourth-order valence-corrected chi connectivity index (χ4v) is 2.71. The lowest BCUT2D eigenvalue weighted by Gasteiger charge is -2.04. The molecule has 110 valence electrons. The highest BCUT2D eigenvalue weighted by Gasteiger charge is 2.10. The molecule has 2 aromatic rings. The first-order valence-corrected chi connectivity index (χ1v) is 7.66. The predicted molar refractivity (Wildman–Crippen MR) is 88.6 cm³/mol. The van der Waals surface area contributed by atoms with Gasteiger partial charge in [-0.25, -0.2) is 4.98 Å². The van der Waals surface area contributed by atoms with Crippen LogP contribution in [0.3, 0.4) is 0 Å². The number of hydrazone groups is 1. The molecule has 1 heterocycles. The van der Waals surface area contributed by atoms with E-state index in [9.17, 15) is 4.79 Å². The van der Waals surface area contributed by atoms with Crippen molar-refractivity contribution < 1.29 is 4.79 Å². The number of carbonyl (C=O) groups excluding carboxylic acids is 1. The summed E-state index contributed by atoms with van der Waals surface area (Å²) in [6.45, 7) is 7.71. The lowest BCUT2D eigenvalue weighted by molar-refractivity contribution is 0.102. The first-order chi connectivity index (χ1) is 9.97. The Morgan fingerprint density at radius 3 is 2.52 bits per heavy atom. The molecule has 1 aromatic heterocycles. The minimum absolute atomic E-state index is 0.0336. The van der Waals surface area contributed by atoms with Crippen molar-refractivity contribution in [2.24, 2.45) is 5.10 Å². The number of anilines is 1. The molecule has 5 heteroatoms.